The highest BCUT2D eigenvalue weighted by Crippen LogP contribution is 2.27. The van der Waals surface area contributed by atoms with Crippen LogP contribution < -0.4 is 4.74 Å². The van der Waals surface area contributed by atoms with E-state index in [1.807, 2.05) is 30.3 Å². The van der Waals surface area contributed by atoms with Gasteiger partial charge < -0.3 is 13.9 Å². The molecule has 1 heterocycles. The van der Waals surface area contributed by atoms with E-state index in [0.717, 1.165) is 5.56 Å². The monoisotopic (exact) mass is 275 g/mol. The zero-order chi connectivity index (χ0) is 14.8. The highest BCUT2D eigenvalue weighted by molar-refractivity contribution is 5.64. The minimum Gasteiger partial charge on any atom is -0.428 e. The molecule has 1 aromatic carbocycles. The largest absolute Gasteiger partial charge is 0.516 e. The van der Waals surface area contributed by atoms with Crippen LogP contribution in [0.3, 0.4) is 0 Å². The molecule has 106 valence electrons. The molecule has 0 amide bonds. The quantitative estimate of drug-likeness (QED) is 0.776. The van der Waals surface area contributed by atoms with Gasteiger partial charge in [-0.1, -0.05) is 18.2 Å². The first-order valence-electron chi connectivity index (χ1n) is 6.29. The molecule has 0 N–H and O–H groups in total. The molecule has 0 saturated heterocycles. The maximum Gasteiger partial charge on any atom is 0.516 e. The molecule has 20 heavy (non-hydrogen) atoms. The van der Waals surface area contributed by atoms with Crippen molar-refractivity contribution in [2.75, 3.05) is 0 Å². The molecule has 0 spiro atoms. The predicted molar refractivity (Wildman–Crippen MR) is 73.5 cm³/mol. The predicted octanol–water partition coefficient (Wildman–Crippen LogP) is 3.96. The second kappa shape index (κ2) is 5.36. The Bertz CT molecular complexity index is 596. The summed E-state index contributed by atoms with van der Waals surface area (Å²) >= 11 is 0. The number of nitrogens with zero attached hydrogens (tertiary/aromatic N) is 1. The molecule has 0 bridgehead atoms. The van der Waals surface area contributed by atoms with Gasteiger partial charge in [0.05, 0.1) is 0 Å². The zero-order valence-corrected chi connectivity index (χ0v) is 12.0. The maximum absolute atomic E-state index is 11.6. The van der Waals surface area contributed by atoms with Crippen LogP contribution in [0.1, 0.15) is 26.5 Å². The summed E-state index contributed by atoms with van der Waals surface area (Å²) in [6.45, 7) is 6.99. The molecule has 0 saturated carbocycles. The van der Waals surface area contributed by atoms with Gasteiger partial charge in [-0.25, -0.2) is 9.78 Å². The average molecular weight is 275 g/mol. The molecule has 0 radical (unpaired) electrons. The zero-order valence-electron chi connectivity index (χ0n) is 12.0. The first kappa shape index (κ1) is 14.1. The lowest BCUT2D eigenvalue weighted by Crippen LogP contribution is -2.26. The van der Waals surface area contributed by atoms with E-state index in [1.54, 1.807) is 27.7 Å². The number of carbonyl (C=O) groups excluding carboxylic acids is 1. The molecule has 0 aliphatic rings. The number of benzene rings is 1. The van der Waals surface area contributed by atoms with E-state index in [-0.39, 0.29) is 5.95 Å². The number of hydrogen-bond donors (Lipinski definition) is 0. The molecule has 0 unspecified atom stereocenters. The Labute approximate surface area is 117 Å². The number of hydrogen-bond acceptors (Lipinski definition) is 5. The smallest absolute Gasteiger partial charge is 0.428 e. The van der Waals surface area contributed by atoms with Gasteiger partial charge in [-0.15, -0.1) is 0 Å². The normalized spacial score (nSPS) is 11.2. The van der Waals surface area contributed by atoms with Crippen molar-refractivity contribution < 1.29 is 18.7 Å². The van der Waals surface area contributed by atoms with Gasteiger partial charge in [0.25, 0.3) is 0 Å². The van der Waals surface area contributed by atoms with Crippen LogP contribution in [0, 0.1) is 6.92 Å². The molecular formula is C15H17NO4. The summed E-state index contributed by atoms with van der Waals surface area (Å²) in [7, 11) is 0. The van der Waals surface area contributed by atoms with Crippen molar-refractivity contribution in [1.82, 2.24) is 4.98 Å². The number of carbonyl (C=O) groups is 1. The molecule has 0 aliphatic heterocycles. The fourth-order valence-corrected chi connectivity index (χ4v) is 1.53. The third-order valence-corrected chi connectivity index (χ3v) is 2.34. The van der Waals surface area contributed by atoms with Crippen LogP contribution in [0.15, 0.2) is 34.7 Å². The summed E-state index contributed by atoms with van der Waals surface area (Å²) in [5.41, 5.74) is 0.692. The maximum atomic E-state index is 11.6. The van der Waals surface area contributed by atoms with Crippen LogP contribution in [-0.4, -0.2) is 16.7 Å². The van der Waals surface area contributed by atoms with Gasteiger partial charge in [0.1, 0.15) is 11.3 Å². The Morgan fingerprint density at radius 1 is 1.20 bits per heavy atom. The molecular weight excluding hydrogens is 258 g/mol. The van der Waals surface area contributed by atoms with Crippen LogP contribution in [0.2, 0.25) is 0 Å². The van der Waals surface area contributed by atoms with Crippen LogP contribution >= 0.6 is 0 Å². The molecule has 0 atom stereocenters. The third kappa shape index (κ3) is 3.60. The summed E-state index contributed by atoms with van der Waals surface area (Å²) in [5.74, 6) is 0.458. The number of rotatable bonds is 2. The van der Waals surface area contributed by atoms with Crippen LogP contribution in [-0.2, 0) is 4.74 Å². The van der Waals surface area contributed by atoms with Gasteiger partial charge in [-0.05, 0) is 39.8 Å². The molecule has 2 aromatic rings. The number of aromatic nitrogens is 1. The van der Waals surface area contributed by atoms with E-state index in [1.165, 1.54) is 0 Å². The first-order chi connectivity index (χ1) is 9.35. The Kier molecular flexibility index (Phi) is 3.79. The molecule has 5 heteroatoms. The highest BCUT2D eigenvalue weighted by Gasteiger charge is 2.21. The minimum atomic E-state index is -0.809. The Morgan fingerprint density at radius 3 is 2.45 bits per heavy atom. The molecule has 2 rings (SSSR count). The third-order valence-electron chi connectivity index (χ3n) is 2.34. The fourth-order valence-electron chi connectivity index (χ4n) is 1.53. The van der Waals surface area contributed by atoms with Crippen molar-refractivity contribution in [3.63, 3.8) is 0 Å². The summed E-state index contributed by atoms with van der Waals surface area (Å²) in [6, 6.07) is 9.38. The van der Waals surface area contributed by atoms with Crippen molar-refractivity contribution >= 4 is 6.16 Å². The summed E-state index contributed by atoms with van der Waals surface area (Å²) < 4.78 is 15.5. The molecule has 0 fully saturated rings. The summed E-state index contributed by atoms with van der Waals surface area (Å²) in [6.07, 6.45) is -0.809. The molecule has 1 aromatic heterocycles. The SMILES string of the molecule is Cc1nc(-c2ccccc2)oc1OC(=O)OC(C)(C)C. The van der Waals surface area contributed by atoms with E-state index in [2.05, 4.69) is 4.98 Å². The second-order valence-corrected chi connectivity index (χ2v) is 5.32. The lowest BCUT2D eigenvalue weighted by Gasteiger charge is -2.17. The lowest BCUT2D eigenvalue weighted by atomic mass is 10.2. The van der Waals surface area contributed by atoms with Crippen molar-refractivity contribution in [2.24, 2.45) is 0 Å². The second-order valence-electron chi connectivity index (χ2n) is 5.32. The van der Waals surface area contributed by atoms with Gasteiger partial charge in [-0.3, -0.25) is 0 Å². The van der Waals surface area contributed by atoms with E-state index in [9.17, 15) is 4.79 Å². The van der Waals surface area contributed by atoms with E-state index < -0.39 is 11.8 Å². The van der Waals surface area contributed by atoms with Crippen molar-refractivity contribution in [3.05, 3.63) is 36.0 Å². The van der Waals surface area contributed by atoms with Crippen LogP contribution in [0.4, 0.5) is 4.79 Å². The standard InChI is InChI=1S/C15H17NO4/c1-10-13(19-14(17)20-15(2,3)4)18-12(16-10)11-8-6-5-7-9-11/h5-9H,1-4H3. The summed E-state index contributed by atoms with van der Waals surface area (Å²) in [4.78, 5) is 15.8. The van der Waals surface area contributed by atoms with Crippen molar-refractivity contribution in [2.45, 2.75) is 33.3 Å². The van der Waals surface area contributed by atoms with Crippen molar-refractivity contribution in [1.29, 1.82) is 0 Å². The number of oxazole rings is 1. The van der Waals surface area contributed by atoms with Gasteiger partial charge in [0.2, 0.25) is 5.89 Å². The number of ether oxygens (including phenoxy) is 2. The Morgan fingerprint density at radius 2 is 1.85 bits per heavy atom. The van der Waals surface area contributed by atoms with Crippen LogP contribution in [0.5, 0.6) is 5.95 Å². The van der Waals surface area contributed by atoms with Gasteiger partial charge in [0, 0.05) is 5.56 Å². The van der Waals surface area contributed by atoms with Gasteiger partial charge in [-0.2, -0.15) is 0 Å². The van der Waals surface area contributed by atoms with E-state index in [4.69, 9.17) is 13.9 Å². The van der Waals surface area contributed by atoms with E-state index >= 15 is 0 Å². The molecule has 5 nitrogen and oxygen atoms in total. The van der Waals surface area contributed by atoms with Gasteiger partial charge >= 0.3 is 12.1 Å². The first-order valence-corrected chi connectivity index (χ1v) is 6.29. The van der Waals surface area contributed by atoms with Gasteiger partial charge in [0.15, 0.2) is 0 Å². The molecule has 0 aliphatic carbocycles. The minimum absolute atomic E-state index is 0.0538. The highest BCUT2D eigenvalue weighted by atomic mass is 16.8. The van der Waals surface area contributed by atoms with E-state index in [0.29, 0.717) is 11.6 Å². The average Bonchev–Trinajstić information content (AvgIpc) is 2.70. The lowest BCUT2D eigenvalue weighted by molar-refractivity contribution is 0.0159. The van der Waals surface area contributed by atoms with Crippen molar-refractivity contribution in [3.8, 4) is 17.4 Å². The summed E-state index contributed by atoms with van der Waals surface area (Å²) in [5, 5.41) is 0. The van der Waals surface area contributed by atoms with Crippen LogP contribution in [0.25, 0.3) is 11.5 Å². The number of aryl methyl sites for hydroxylation is 1. The Hall–Kier alpha value is -2.30. The topological polar surface area (TPSA) is 61.6 Å². The Balaban J connectivity index is 2.15. The fraction of sp³-hybridized carbons (Fsp3) is 0.333.